The normalized spacial score (nSPS) is 22.8. The van der Waals surface area contributed by atoms with Crippen molar-refractivity contribution in [3.05, 3.63) is 29.3 Å². The molecule has 20 heavy (non-hydrogen) atoms. The highest BCUT2D eigenvalue weighted by Gasteiger charge is 2.33. The van der Waals surface area contributed by atoms with E-state index in [4.69, 9.17) is 0 Å². The van der Waals surface area contributed by atoms with Crippen LogP contribution >= 0.6 is 0 Å². The van der Waals surface area contributed by atoms with E-state index in [1.54, 1.807) is 11.1 Å². The molecule has 3 rings (SSSR count). The second-order valence-electron chi connectivity index (χ2n) is 6.20. The lowest BCUT2D eigenvalue weighted by Gasteiger charge is -2.30. The Hall–Kier alpha value is -1.06. The third-order valence-corrected chi connectivity index (χ3v) is 5.14. The first-order chi connectivity index (χ1) is 9.83. The monoisotopic (exact) mass is 275 g/mol. The minimum atomic E-state index is 0.729. The van der Waals surface area contributed by atoms with Gasteiger partial charge in [-0.2, -0.15) is 0 Å². The van der Waals surface area contributed by atoms with Crippen molar-refractivity contribution in [1.29, 1.82) is 0 Å². The van der Waals surface area contributed by atoms with Crippen LogP contribution in [0.15, 0.2) is 18.2 Å². The van der Waals surface area contributed by atoms with Crippen LogP contribution in [-0.4, -0.2) is 32.7 Å². The van der Waals surface area contributed by atoms with Gasteiger partial charge in [-0.3, -0.25) is 0 Å². The van der Waals surface area contributed by atoms with E-state index in [9.17, 15) is 0 Å². The second-order valence-corrected chi connectivity index (χ2v) is 6.20. The van der Waals surface area contributed by atoms with E-state index >= 15 is 0 Å². The Balaban J connectivity index is 1.87. The molecule has 0 radical (unpaired) electrons. The van der Waals surface area contributed by atoms with E-state index in [0.29, 0.717) is 0 Å². The van der Waals surface area contributed by atoms with Crippen LogP contribution in [0.1, 0.15) is 43.9 Å². The molecule has 0 amide bonds. The molecule has 3 N–H and O–H groups in total. The number of fused-ring (bicyclic) bond motifs is 1. The zero-order valence-corrected chi connectivity index (χ0v) is 13.0. The highest BCUT2D eigenvalue weighted by molar-refractivity contribution is 5.51. The number of likely N-dealkylation sites (tertiary alicyclic amines) is 1. The zero-order chi connectivity index (χ0) is 13.9. The average Bonchev–Trinajstić information content (AvgIpc) is 3.02. The molecule has 0 spiro atoms. The maximum absolute atomic E-state index is 2.50. The lowest BCUT2D eigenvalue weighted by Crippen LogP contribution is -3.13. The van der Waals surface area contributed by atoms with Gasteiger partial charge >= 0.3 is 0 Å². The summed E-state index contributed by atoms with van der Waals surface area (Å²) in [6, 6.07) is 7.94. The highest BCUT2D eigenvalue weighted by atomic mass is 15.2. The number of benzene rings is 1. The molecule has 3 heteroatoms. The quantitative estimate of drug-likeness (QED) is 0.813. The molecule has 0 bridgehead atoms. The van der Waals surface area contributed by atoms with Crippen LogP contribution in [0.3, 0.4) is 0 Å². The van der Waals surface area contributed by atoms with Gasteiger partial charge in [0.25, 0.3) is 0 Å². The molecule has 0 aromatic heterocycles. The molecule has 0 saturated carbocycles. The van der Waals surface area contributed by atoms with Crippen LogP contribution in [0.2, 0.25) is 0 Å². The topological polar surface area (TPSA) is 24.3 Å². The SMILES string of the molecule is CCN(CC)c1ccc2c(c1)C[NH2+]C[C@@H]2[NH+]1CCCC1. The number of quaternary nitrogens is 2. The molecule has 1 aromatic rings. The predicted molar refractivity (Wildman–Crippen MR) is 83.2 cm³/mol. The Morgan fingerprint density at radius 2 is 1.95 bits per heavy atom. The van der Waals surface area contributed by atoms with Crippen molar-refractivity contribution >= 4 is 5.69 Å². The third-order valence-electron chi connectivity index (χ3n) is 5.14. The van der Waals surface area contributed by atoms with Gasteiger partial charge in [-0.1, -0.05) is 6.07 Å². The summed E-state index contributed by atoms with van der Waals surface area (Å²) in [5, 5.41) is 2.50. The van der Waals surface area contributed by atoms with Crippen LogP contribution in [0.5, 0.6) is 0 Å². The Morgan fingerprint density at radius 1 is 1.20 bits per heavy atom. The van der Waals surface area contributed by atoms with Gasteiger partial charge in [0.05, 0.1) is 13.1 Å². The summed E-state index contributed by atoms with van der Waals surface area (Å²) in [6.07, 6.45) is 2.83. The number of hydrogen-bond donors (Lipinski definition) is 2. The second kappa shape index (κ2) is 6.15. The maximum Gasteiger partial charge on any atom is 0.163 e. The smallest absolute Gasteiger partial charge is 0.163 e. The standard InChI is InChI=1S/C17H27N3/c1-3-19(4-2)15-7-8-16-14(11-15)12-18-13-17(16)20-9-5-6-10-20/h7-8,11,17-18H,3-6,9-10,12-13H2,1-2H3/p+2/t17-/m0/s1. The van der Waals surface area contributed by atoms with Crippen molar-refractivity contribution in [2.24, 2.45) is 0 Å². The fourth-order valence-corrected chi connectivity index (χ4v) is 3.99. The number of rotatable bonds is 4. The molecule has 2 heterocycles. The van der Waals surface area contributed by atoms with Crippen molar-refractivity contribution < 1.29 is 10.2 Å². The number of nitrogens with one attached hydrogen (secondary N) is 1. The summed E-state index contributed by atoms with van der Waals surface area (Å²) in [6.45, 7) is 11.9. The van der Waals surface area contributed by atoms with E-state index in [1.165, 1.54) is 38.2 Å². The minimum absolute atomic E-state index is 0.729. The van der Waals surface area contributed by atoms with Crippen molar-refractivity contribution in [3.8, 4) is 0 Å². The largest absolute Gasteiger partial charge is 0.372 e. The molecule has 2 aliphatic rings. The number of hydrogen-bond acceptors (Lipinski definition) is 1. The van der Waals surface area contributed by atoms with E-state index in [0.717, 1.165) is 25.7 Å². The molecular formula is C17H29N3+2. The summed E-state index contributed by atoms with van der Waals surface area (Å²) in [7, 11) is 0. The Labute approximate surface area is 123 Å². The molecule has 3 nitrogen and oxygen atoms in total. The lowest BCUT2D eigenvalue weighted by atomic mass is 9.95. The summed E-state index contributed by atoms with van der Waals surface area (Å²) in [4.78, 5) is 4.27. The molecule has 1 aromatic carbocycles. The molecule has 2 aliphatic heterocycles. The van der Waals surface area contributed by atoms with Crippen LogP contribution in [0.4, 0.5) is 5.69 Å². The molecule has 0 aliphatic carbocycles. The third kappa shape index (κ3) is 2.57. The number of nitrogens with two attached hydrogens (primary N) is 1. The summed E-state index contributed by atoms with van der Waals surface area (Å²) >= 11 is 0. The Morgan fingerprint density at radius 3 is 2.65 bits per heavy atom. The fraction of sp³-hybridized carbons (Fsp3) is 0.647. The van der Waals surface area contributed by atoms with Gasteiger partial charge < -0.3 is 15.1 Å². The van der Waals surface area contributed by atoms with Crippen LogP contribution < -0.4 is 15.1 Å². The van der Waals surface area contributed by atoms with Crippen molar-refractivity contribution in [2.45, 2.75) is 39.3 Å². The van der Waals surface area contributed by atoms with Gasteiger partial charge in [0.2, 0.25) is 0 Å². The Bertz CT molecular complexity index is 448. The van der Waals surface area contributed by atoms with Crippen molar-refractivity contribution in [1.82, 2.24) is 0 Å². The molecule has 110 valence electrons. The van der Waals surface area contributed by atoms with E-state index in [-0.39, 0.29) is 0 Å². The summed E-state index contributed by atoms with van der Waals surface area (Å²) in [5.74, 6) is 0. The van der Waals surface area contributed by atoms with E-state index in [1.807, 2.05) is 4.90 Å². The Kier molecular flexibility index (Phi) is 4.27. The predicted octanol–water partition coefficient (Wildman–Crippen LogP) is 0.330. The first-order valence-corrected chi connectivity index (χ1v) is 8.37. The first kappa shape index (κ1) is 13.9. The zero-order valence-electron chi connectivity index (χ0n) is 13.0. The highest BCUT2D eigenvalue weighted by Crippen LogP contribution is 2.24. The lowest BCUT2D eigenvalue weighted by molar-refractivity contribution is -0.937. The van der Waals surface area contributed by atoms with Crippen LogP contribution in [-0.2, 0) is 6.54 Å². The molecule has 0 unspecified atom stereocenters. The first-order valence-electron chi connectivity index (χ1n) is 8.37. The summed E-state index contributed by atoms with van der Waals surface area (Å²) in [5.41, 5.74) is 4.60. The summed E-state index contributed by atoms with van der Waals surface area (Å²) < 4.78 is 0. The molecule has 1 saturated heterocycles. The van der Waals surface area contributed by atoms with E-state index < -0.39 is 0 Å². The van der Waals surface area contributed by atoms with Gasteiger partial charge in [0.1, 0.15) is 13.1 Å². The van der Waals surface area contributed by atoms with Gasteiger partial charge in [-0.05, 0) is 26.0 Å². The van der Waals surface area contributed by atoms with Crippen LogP contribution in [0.25, 0.3) is 0 Å². The van der Waals surface area contributed by atoms with Crippen molar-refractivity contribution in [3.63, 3.8) is 0 Å². The van der Waals surface area contributed by atoms with Gasteiger partial charge in [-0.25, -0.2) is 0 Å². The number of nitrogens with zero attached hydrogens (tertiary/aromatic N) is 1. The molecular weight excluding hydrogens is 246 g/mol. The van der Waals surface area contributed by atoms with Gasteiger partial charge in [0, 0.05) is 42.7 Å². The van der Waals surface area contributed by atoms with Gasteiger partial charge in [-0.15, -0.1) is 0 Å². The van der Waals surface area contributed by atoms with Gasteiger partial charge in [0.15, 0.2) is 6.04 Å². The average molecular weight is 275 g/mol. The van der Waals surface area contributed by atoms with Crippen molar-refractivity contribution in [2.75, 3.05) is 37.6 Å². The maximum atomic E-state index is 2.50. The van der Waals surface area contributed by atoms with E-state index in [2.05, 4.69) is 42.3 Å². The molecule has 1 atom stereocenters. The molecule has 1 fully saturated rings. The minimum Gasteiger partial charge on any atom is -0.372 e. The number of anilines is 1. The fourth-order valence-electron chi connectivity index (χ4n) is 3.99. The van der Waals surface area contributed by atoms with Crippen LogP contribution in [0, 0.1) is 0 Å².